The van der Waals surface area contributed by atoms with Gasteiger partial charge in [-0.2, -0.15) is 0 Å². The maximum atomic E-state index is 13.6. The van der Waals surface area contributed by atoms with Crippen LogP contribution in [0.5, 0.6) is 0 Å². The molecule has 11 heteroatoms. The number of nitrogens with zero attached hydrogens (tertiary/aromatic N) is 5. The summed E-state index contributed by atoms with van der Waals surface area (Å²) in [5.41, 5.74) is 1.53. The van der Waals surface area contributed by atoms with E-state index in [-0.39, 0.29) is 17.6 Å². The second-order valence-electron chi connectivity index (χ2n) is 8.10. The number of carbonyl (C=O) groups is 2. The van der Waals surface area contributed by atoms with Gasteiger partial charge in [-0.15, -0.1) is 0 Å². The Morgan fingerprint density at radius 2 is 1.94 bits per heavy atom. The molecule has 2 fully saturated rings. The van der Waals surface area contributed by atoms with Gasteiger partial charge in [0.15, 0.2) is 0 Å². The molecule has 180 valence electrons. The van der Waals surface area contributed by atoms with Crippen LogP contribution >= 0.6 is 24.0 Å². The predicted molar refractivity (Wildman–Crippen MR) is 137 cm³/mol. The summed E-state index contributed by atoms with van der Waals surface area (Å²) in [6.07, 6.45) is 3.80. The Morgan fingerprint density at radius 1 is 1.21 bits per heavy atom. The maximum Gasteiger partial charge on any atom is 0.409 e. The maximum absolute atomic E-state index is 13.6. The summed E-state index contributed by atoms with van der Waals surface area (Å²) in [7, 11) is 0. The Bertz CT molecular complexity index is 1230. The van der Waals surface area contributed by atoms with Crippen molar-refractivity contribution in [3.63, 3.8) is 0 Å². The highest BCUT2D eigenvalue weighted by atomic mass is 32.2. The highest BCUT2D eigenvalue weighted by molar-refractivity contribution is 8.26. The van der Waals surface area contributed by atoms with E-state index in [1.54, 1.807) is 35.1 Å². The van der Waals surface area contributed by atoms with Crippen LogP contribution in [0.15, 0.2) is 28.0 Å². The summed E-state index contributed by atoms with van der Waals surface area (Å²) in [5, 5.41) is 0. The summed E-state index contributed by atoms with van der Waals surface area (Å²) >= 11 is 6.59. The van der Waals surface area contributed by atoms with Crippen LogP contribution in [0.25, 0.3) is 11.7 Å². The van der Waals surface area contributed by atoms with Gasteiger partial charge in [0.05, 0.1) is 17.1 Å². The molecule has 0 atom stereocenters. The first kappa shape index (κ1) is 24.2. The normalized spacial score (nSPS) is 17.9. The number of anilines is 1. The Kier molecular flexibility index (Phi) is 7.22. The molecule has 4 rings (SSSR count). The smallest absolute Gasteiger partial charge is 0.409 e. The van der Waals surface area contributed by atoms with Crippen LogP contribution in [-0.4, -0.2) is 74.8 Å². The van der Waals surface area contributed by atoms with E-state index in [2.05, 4.69) is 0 Å². The molecule has 0 N–H and O–H groups in total. The van der Waals surface area contributed by atoms with Gasteiger partial charge < -0.3 is 14.5 Å². The number of hydrogen-bond acceptors (Lipinski definition) is 8. The van der Waals surface area contributed by atoms with E-state index in [1.165, 1.54) is 16.2 Å². The molecule has 9 nitrogen and oxygen atoms in total. The quantitative estimate of drug-likeness (QED) is 0.457. The number of thiocarbonyl (C=S) groups is 1. The zero-order valence-corrected chi connectivity index (χ0v) is 21.1. The third-order valence-corrected chi connectivity index (χ3v) is 7.06. The summed E-state index contributed by atoms with van der Waals surface area (Å²) in [4.78, 5) is 49.0. The van der Waals surface area contributed by atoms with Gasteiger partial charge in [0.25, 0.3) is 11.5 Å². The van der Waals surface area contributed by atoms with E-state index in [4.69, 9.17) is 21.9 Å². The van der Waals surface area contributed by atoms with Crippen LogP contribution < -0.4 is 10.5 Å². The minimum absolute atomic E-state index is 0.191. The number of aryl methyl sites for hydroxylation is 1. The zero-order chi connectivity index (χ0) is 24.4. The summed E-state index contributed by atoms with van der Waals surface area (Å²) < 4.78 is 7.11. The van der Waals surface area contributed by atoms with E-state index in [1.807, 2.05) is 24.8 Å². The molecule has 2 amide bonds. The lowest BCUT2D eigenvalue weighted by molar-refractivity contribution is -0.122. The fraction of sp³-hybridized carbons (Fsp3) is 0.435. The number of aromatic nitrogens is 2. The van der Waals surface area contributed by atoms with Crippen molar-refractivity contribution in [2.24, 2.45) is 0 Å². The zero-order valence-electron chi connectivity index (χ0n) is 19.4. The molecule has 4 heterocycles. The Morgan fingerprint density at radius 3 is 2.62 bits per heavy atom. The number of ether oxygens (including phenoxy) is 1. The van der Waals surface area contributed by atoms with Gasteiger partial charge >= 0.3 is 6.09 Å². The standard InChI is InChI=1S/C23H27N5O4S2/c1-4-8-27-21(30)17(34-23(27)33)13-16-19(24-18-7-6-15(3)14-28(18)20(16)29)25-9-11-26(12-10-25)22(31)32-5-2/h6-7,13-14H,4-5,8-12H2,1-3H3. The number of carbonyl (C=O) groups excluding carboxylic acids is 2. The van der Waals surface area contributed by atoms with Crippen molar-refractivity contribution >= 4 is 57.8 Å². The molecule has 2 aliphatic heterocycles. The minimum atomic E-state index is -0.344. The average molecular weight is 502 g/mol. The molecule has 2 aliphatic rings. The van der Waals surface area contributed by atoms with E-state index in [0.717, 1.165) is 12.0 Å². The SMILES string of the molecule is CCCN1C(=O)C(=Cc2c(N3CCN(C(=O)OCC)CC3)nc3ccc(C)cn3c2=O)SC1=S. The fourth-order valence-electron chi connectivity index (χ4n) is 3.98. The van der Waals surface area contributed by atoms with Crippen molar-refractivity contribution in [2.75, 3.05) is 44.2 Å². The largest absolute Gasteiger partial charge is 0.450 e. The third-order valence-electron chi connectivity index (χ3n) is 5.69. The number of pyridine rings is 1. The molecule has 0 radical (unpaired) electrons. The topological polar surface area (TPSA) is 87.5 Å². The van der Waals surface area contributed by atoms with Gasteiger partial charge in [0, 0.05) is 38.9 Å². The van der Waals surface area contributed by atoms with Crippen LogP contribution in [0.1, 0.15) is 31.4 Å². The molecule has 0 unspecified atom stereocenters. The van der Waals surface area contributed by atoms with Gasteiger partial charge in [-0.3, -0.25) is 18.9 Å². The molecule has 2 saturated heterocycles. The number of thioether (sulfide) groups is 1. The van der Waals surface area contributed by atoms with Gasteiger partial charge in [0.1, 0.15) is 15.8 Å². The Hall–Kier alpha value is -2.92. The fourth-order valence-corrected chi connectivity index (χ4v) is 5.27. The molecule has 0 bridgehead atoms. The molecular formula is C23H27N5O4S2. The molecule has 34 heavy (non-hydrogen) atoms. The first-order chi connectivity index (χ1) is 16.3. The monoisotopic (exact) mass is 501 g/mol. The van der Waals surface area contributed by atoms with Crippen molar-refractivity contribution in [2.45, 2.75) is 27.2 Å². The second-order valence-corrected chi connectivity index (χ2v) is 9.77. The molecule has 0 saturated carbocycles. The molecule has 2 aromatic rings. The molecule has 0 aromatic carbocycles. The lowest BCUT2D eigenvalue weighted by atomic mass is 10.2. The number of fused-ring (bicyclic) bond motifs is 1. The van der Waals surface area contributed by atoms with E-state index >= 15 is 0 Å². The summed E-state index contributed by atoms with van der Waals surface area (Å²) in [6.45, 7) is 8.41. The van der Waals surface area contributed by atoms with E-state index < -0.39 is 0 Å². The summed E-state index contributed by atoms with van der Waals surface area (Å²) in [6, 6.07) is 3.71. The van der Waals surface area contributed by atoms with Crippen molar-refractivity contribution < 1.29 is 14.3 Å². The third kappa shape index (κ3) is 4.67. The van der Waals surface area contributed by atoms with Crippen molar-refractivity contribution in [1.82, 2.24) is 19.2 Å². The number of amides is 2. The van der Waals surface area contributed by atoms with E-state index in [0.29, 0.717) is 65.6 Å². The van der Waals surface area contributed by atoms with Crippen LogP contribution in [0, 0.1) is 6.92 Å². The highest BCUT2D eigenvalue weighted by Crippen LogP contribution is 2.33. The number of rotatable bonds is 5. The Labute approximate surface area is 207 Å². The van der Waals surface area contributed by atoms with Crippen LogP contribution in [0.4, 0.5) is 10.6 Å². The molecular weight excluding hydrogens is 474 g/mol. The number of piperazine rings is 1. The second kappa shape index (κ2) is 10.1. The van der Waals surface area contributed by atoms with Crippen LogP contribution in [0.3, 0.4) is 0 Å². The van der Waals surface area contributed by atoms with Crippen molar-refractivity contribution in [3.05, 3.63) is 44.7 Å². The Balaban J connectivity index is 1.75. The average Bonchev–Trinajstić information content (AvgIpc) is 3.09. The predicted octanol–water partition coefficient (Wildman–Crippen LogP) is 2.89. The molecule has 0 aliphatic carbocycles. The molecule has 0 spiro atoms. The molecule has 2 aromatic heterocycles. The van der Waals surface area contributed by atoms with Crippen molar-refractivity contribution in [3.8, 4) is 0 Å². The van der Waals surface area contributed by atoms with E-state index in [9.17, 15) is 14.4 Å². The van der Waals surface area contributed by atoms with Crippen molar-refractivity contribution in [1.29, 1.82) is 0 Å². The van der Waals surface area contributed by atoms with Gasteiger partial charge in [-0.05, 0) is 38.0 Å². The first-order valence-electron chi connectivity index (χ1n) is 11.3. The summed E-state index contributed by atoms with van der Waals surface area (Å²) in [5.74, 6) is 0.307. The van der Waals surface area contributed by atoms with Gasteiger partial charge in [-0.1, -0.05) is 37.0 Å². The van der Waals surface area contributed by atoms with Crippen LogP contribution in [-0.2, 0) is 9.53 Å². The van der Waals surface area contributed by atoms with Crippen LogP contribution in [0.2, 0.25) is 0 Å². The number of hydrogen-bond donors (Lipinski definition) is 0. The lowest BCUT2D eigenvalue weighted by Gasteiger charge is -2.35. The van der Waals surface area contributed by atoms with Gasteiger partial charge in [-0.25, -0.2) is 9.78 Å². The minimum Gasteiger partial charge on any atom is -0.450 e. The lowest BCUT2D eigenvalue weighted by Crippen LogP contribution is -2.49. The first-order valence-corrected chi connectivity index (χ1v) is 12.5. The van der Waals surface area contributed by atoms with Gasteiger partial charge in [0.2, 0.25) is 0 Å². The highest BCUT2D eigenvalue weighted by Gasteiger charge is 2.33.